The third kappa shape index (κ3) is 2.87. The van der Waals surface area contributed by atoms with Crippen LogP contribution in [0.4, 0.5) is 5.82 Å². The summed E-state index contributed by atoms with van der Waals surface area (Å²) in [4.78, 5) is 20.7. The van der Waals surface area contributed by atoms with Gasteiger partial charge in [0.25, 0.3) is 5.56 Å². The predicted molar refractivity (Wildman–Crippen MR) is 82.0 cm³/mol. The van der Waals surface area contributed by atoms with E-state index in [1.54, 1.807) is 0 Å². The van der Waals surface area contributed by atoms with Crippen molar-refractivity contribution in [3.63, 3.8) is 0 Å². The molecule has 0 spiro atoms. The minimum Gasteiger partial charge on any atom is -0.356 e. The number of hydrogen-bond donors (Lipinski definition) is 1. The normalized spacial score (nSPS) is 23.9. The molecule has 1 aromatic rings. The number of hydrogen-bond acceptors (Lipinski definition) is 3. The lowest BCUT2D eigenvalue weighted by atomic mass is 9.84. The maximum absolute atomic E-state index is 11.6. The molecule has 0 bridgehead atoms. The number of H-pyrrole nitrogens is 1. The van der Waals surface area contributed by atoms with E-state index in [-0.39, 0.29) is 5.56 Å². The fourth-order valence-corrected chi connectivity index (χ4v) is 3.41. The van der Waals surface area contributed by atoms with Crippen molar-refractivity contribution in [2.24, 2.45) is 5.92 Å². The second-order valence-electron chi connectivity index (χ2n) is 5.06. The molecule has 100 valence electrons. The van der Waals surface area contributed by atoms with Gasteiger partial charge in [0.1, 0.15) is 9.39 Å². The Kier molecular flexibility index (Phi) is 4.64. The van der Waals surface area contributed by atoms with Crippen LogP contribution >= 0.6 is 22.6 Å². The molecule has 2 rings (SSSR count). The fourth-order valence-electron chi connectivity index (χ4n) is 2.73. The maximum atomic E-state index is 11.6. The van der Waals surface area contributed by atoms with Gasteiger partial charge >= 0.3 is 0 Å². The third-order valence-corrected chi connectivity index (χ3v) is 5.03. The zero-order valence-electron chi connectivity index (χ0n) is 10.9. The summed E-state index contributed by atoms with van der Waals surface area (Å²) in [5, 5.41) is 0. The number of aromatic nitrogens is 2. The van der Waals surface area contributed by atoms with E-state index in [4.69, 9.17) is 0 Å². The Morgan fingerprint density at radius 3 is 2.72 bits per heavy atom. The monoisotopic (exact) mass is 361 g/mol. The summed E-state index contributed by atoms with van der Waals surface area (Å²) in [6.45, 7) is 2.27. The Bertz CT molecular complexity index is 452. The first kappa shape index (κ1) is 13.8. The highest BCUT2D eigenvalue weighted by Gasteiger charge is 2.25. The Morgan fingerprint density at radius 1 is 1.44 bits per heavy atom. The highest BCUT2D eigenvalue weighted by atomic mass is 127. The van der Waals surface area contributed by atoms with Crippen molar-refractivity contribution in [1.82, 2.24) is 9.97 Å². The maximum Gasteiger partial charge on any atom is 0.266 e. The van der Waals surface area contributed by atoms with Crippen molar-refractivity contribution in [3.05, 3.63) is 20.3 Å². The predicted octanol–water partition coefficient (Wildman–Crippen LogP) is 2.78. The molecule has 1 N–H and O–H groups in total. The lowest BCUT2D eigenvalue weighted by Gasteiger charge is -2.35. The largest absolute Gasteiger partial charge is 0.356 e. The van der Waals surface area contributed by atoms with Gasteiger partial charge in [0, 0.05) is 13.1 Å². The van der Waals surface area contributed by atoms with Crippen LogP contribution in [0.15, 0.2) is 11.1 Å². The number of nitrogens with zero attached hydrogens (tertiary/aromatic N) is 2. The van der Waals surface area contributed by atoms with Crippen LogP contribution in [0.1, 0.15) is 39.0 Å². The molecule has 1 aromatic heterocycles. The summed E-state index contributed by atoms with van der Waals surface area (Å²) in [7, 11) is 2.06. The van der Waals surface area contributed by atoms with Crippen molar-refractivity contribution in [2.75, 3.05) is 11.9 Å². The van der Waals surface area contributed by atoms with Crippen molar-refractivity contribution in [1.29, 1.82) is 0 Å². The van der Waals surface area contributed by atoms with Crippen LogP contribution in [0, 0.1) is 9.49 Å². The van der Waals surface area contributed by atoms with E-state index in [2.05, 4.69) is 51.4 Å². The van der Waals surface area contributed by atoms with Gasteiger partial charge in [0.15, 0.2) is 0 Å². The number of anilines is 1. The van der Waals surface area contributed by atoms with Crippen LogP contribution in [0.25, 0.3) is 0 Å². The molecule has 0 saturated heterocycles. The highest BCUT2D eigenvalue weighted by Crippen LogP contribution is 2.31. The van der Waals surface area contributed by atoms with Gasteiger partial charge < -0.3 is 9.88 Å². The second kappa shape index (κ2) is 6.04. The smallest absolute Gasteiger partial charge is 0.266 e. The molecule has 0 radical (unpaired) electrons. The standard InChI is InChI=1S/C13H20IN3O/c1-3-9-4-6-10(7-5-9)17(2)12-11(14)13(18)16-8-15-12/h8-10H,3-7H2,1-2H3,(H,15,16,18). The van der Waals surface area contributed by atoms with Gasteiger partial charge in [-0.15, -0.1) is 0 Å². The van der Waals surface area contributed by atoms with E-state index in [0.29, 0.717) is 9.61 Å². The molecule has 4 nitrogen and oxygen atoms in total. The van der Waals surface area contributed by atoms with Crippen molar-refractivity contribution < 1.29 is 0 Å². The van der Waals surface area contributed by atoms with Crippen molar-refractivity contribution in [2.45, 2.75) is 45.1 Å². The number of nitrogens with one attached hydrogen (secondary N) is 1. The molecule has 0 aliphatic heterocycles. The molecule has 0 aromatic carbocycles. The van der Waals surface area contributed by atoms with E-state index >= 15 is 0 Å². The minimum atomic E-state index is -0.0466. The molecule has 18 heavy (non-hydrogen) atoms. The van der Waals surface area contributed by atoms with Crippen LogP contribution in [0.2, 0.25) is 0 Å². The van der Waals surface area contributed by atoms with Crippen LogP contribution < -0.4 is 10.5 Å². The fraction of sp³-hybridized carbons (Fsp3) is 0.692. The van der Waals surface area contributed by atoms with Gasteiger partial charge in [-0.05, 0) is 54.2 Å². The van der Waals surface area contributed by atoms with Crippen LogP contribution in [-0.4, -0.2) is 23.1 Å². The zero-order valence-corrected chi connectivity index (χ0v) is 13.1. The molecule has 0 atom stereocenters. The average molecular weight is 361 g/mol. The molecule has 1 aliphatic rings. The molecule has 1 aliphatic carbocycles. The highest BCUT2D eigenvalue weighted by molar-refractivity contribution is 14.1. The summed E-state index contributed by atoms with van der Waals surface area (Å²) in [5.41, 5.74) is -0.0466. The second-order valence-corrected chi connectivity index (χ2v) is 6.14. The van der Waals surface area contributed by atoms with Gasteiger partial charge in [-0.25, -0.2) is 4.98 Å². The SMILES string of the molecule is CCC1CCC(N(C)c2nc[nH]c(=O)c2I)CC1. The van der Waals surface area contributed by atoms with E-state index in [1.165, 1.54) is 38.4 Å². The summed E-state index contributed by atoms with van der Waals surface area (Å²) in [6, 6.07) is 0.524. The molecular formula is C13H20IN3O. The van der Waals surface area contributed by atoms with Crippen molar-refractivity contribution >= 4 is 28.4 Å². The van der Waals surface area contributed by atoms with Gasteiger partial charge in [0.2, 0.25) is 0 Å². The molecule has 1 fully saturated rings. The molecular weight excluding hydrogens is 341 g/mol. The van der Waals surface area contributed by atoms with Gasteiger partial charge in [-0.3, -0.25) is 4.79 Å². The first-order valence-electron chi connectivity index (χ1n) is 6.59. The summed E-state index contributed by atoms with van der Waals surface area (Å²) < 4.78 is 0.690. The van der Waals surface area contributed by atoms with Crippen molar-refractivity contribution in [3.8, 4) is 0 Å². The van der Waals surface area contributed by atoms with Crippen LogP contribution in [-0.2, 0) is 0 Å². The first-order chi connectivity index (χ1) is 8.63. The minimum absolute atomic E-state index is 0.0466. The van der Waals surface area contributed by atoms with E-state index in [1.807, 2.05) is 0 Å². The molecule has 5 heteroatoms. The number of rotatable bonds is 3. The first-order valence-corrected chi connectivity index (χ1v) is 7.67. The lowest BCUT2D eigenvalue weighted by Crippen LogP contribution is -2.37. The summed E-state index contributed by atoms with van der Waals surface area (Å²) in [6.07, 6.45) is 7.79. The topological polar surface area (TPSA) is 49.0 Å². The number of halogens is 1. The molecule has 1 saturated carbocycles. The van der Waals surface area contributed by atoms with Gasteiger partial charge in [0.05, 0.1) is 6.33 Å². The lowest BCUT2D eigenvalue weighted by molar-refractivity contribution is 0.312. The van der Waals surface area contributed by atoms with E-state index in [9.17, 15) is 4.79 Å². The van der Waals surface area contributed by atoms with Crippen LogP contribution in [0.5, 0.6) is 0 Å². The van der Waals surface area contributed by atoms with Crippen LogP contribution in [0.3, 0.4) is 0 Å². The quantitative estimate of drug-likeness (QED) is 0.843. The Morgan fingerprint density at radius 2 is 2.11 bits per heavy atom. The van der Waals surface area contributed by atoms with E-state index in [0.717, 1.165) is 11.7 Å². The van der Waals surface area contributed by atoms with E-state index < -0.39 is 0 Å². The van der Waals surface area contributed by atoms with Gasteiger partial charge in [-0.2, -0.15) is 0 Å². The average Bonchev–Trinajstić information content (AvgIpc) is 2.41. The molecule has 0 amide bonds. The Labute approximate surface area is 121 Å². The summed E-state index contributed by atoms with van der Waals surface area (Å²) >= 11 is 2.08. The zero-order chi connectivity index (χ0) is 13.1. The molecule has 1 heterocycles. The third-order valence-electron chi connectivity index (χ3n) is 4.05. The Balaban J connectivity index is 2.10. The number of aromatic amines is 1. The Hall–Kier alpha value is -0.590. The molecule has 0 unspecified atom stereocenters. The van der Waals surface area contributed by atoms with Gasteiger partial charge in [-0.1, -0.05) is 13.3 Å². The summed E-state index contributed by atoms with van der Waals surface area (Å²) in [5.74, 6) is 1.71.